The number of amides is 3. The van der Waals surface area contributed by atoms with Crippen LogP contribution in [0.15, 0.2) is 48.9 Å². The highest BCUT2D eigenvalue weighted by Gasteiger charge is 2.40. The number of carbonyl (C=O) groups excluding carboxylic acids is 4. The molecule has 0 aliphatic carbocycles. The van der Waals surface area contributed by atoms with Gasteiger partial charge in [-0.1, -0.05) is 50.6 Å². The molecule has 12 nitrogen and oxygen atoms in total. The van der Waals surface area contributed by atoms with E-state index >= 15 is 0 Å². The fourth-order valence-corrected chi connectivity index (χ4v) is 4.30. The third kappa shape index (κ3) is 7.59. The molecule has 1 aliphatic rings. The summed E-state index contributed by atoms with van der Waals surface area (Å²) in [4.78, 5) is 61.4. The van der Waals surface area contributed by atoms with Crippen LogP contribution in [0.4, 0.5) is 0 Å². The highest BCUT2D eigenvalue weighted by Crippen LogP contribution is 2.21. The first-order valence-corrected chi connectivity index (χ1v) is 12.5. The number of nitrogens with one attached hydrogen (secondary N) is 2. The van der Waals surface area contributed by atoms with Crippen LogP contribution in [0.2, 0.25) is 0 Å². The molecule has 202 valence electrons. The Hall–Kier alpha value is -3.84. The molecule has 13 heteroatoms. The van der Waals surface area contributed by atoms with E-state index in [1.165, 1.54) is 23.5 Å². The summed E-state index contributed by atoms with van der Waals surface area (Å²) in [6, 6.07) is 6.02. The van der Waals surface area contributed by atoms with Crippen molar-refractivity contribution in [2.45, 2.75) is 57.7 Å². The molecule has 0 radical (unpaired) electrons. The SMILES string of the molecule is CC[C@H](C)[C@H](NC(=O)c1cnccn1)C(=O)N[C@@H](Cc1ccccc1)C(=O)N1CCC[C@H]1C(=O)OB(O)O. The lowest BCUT2D eigenvalue weighted by molar-refractivity contribution is -0.149. The summed E-state index contributed by atoms with van der Waals surface area (Å²) in [6.45, 7) is 3.92. The summed E-state index contributed by atoms with van der Waals surface area (Å²) >= 11 is 0. The van der Waals surface area contributed by atoms with Crippen molar-refractivity contribution < 1.29 is 33.9 Å². The molecule has 2 heterocycles. The Morgan fingerprint density at radius 1 is 1.16 bits per heavy atom. The third-order valence-electron chi connectivity index (χ3n) is 6.50. The number of nitrogens with zero attached hydrogens (tertiary/aromatic N) is 3. The number of hydrogen-bond donors (Lipinski definition) is 4. The van der Waals surface area contributed by atoms with E-state index in [1.807, 2.05) is 32.0 Å². The van der Waals surface area contributed by atoms with E-state index in [2.05, 4.69) is 25.3 Å². The fourth-order valence-electron chi connectivity index (χ4n) is 4.30. The first-order valence-electron chi connectivity index (χ1n) is 12.5. The lowest BCUT2D eigenvalue weighted by Gasteiger charge is -2.30. The molecule has 1 aliphatic heterocycles. The second kappa shape index (κ2) is 13.6. The molecule has 4 N–H and O–H groups in total. The van der Waals surface area contributed by atoms with Gasteiger partial charge in [-0.05, 0) is 24.3 Å². The van der Waals surface area contributed by atoms with E-state index in [0.717, 1.165) is 5.56 Å². The van der Waals surface area contributed by atoms with Gasteiger partial charge in [0.05, 0.1) is 6.20 Å². The van der Waals surface area contributed by atoms with Gasteiger partial charge < -0.3 is 30.2 Å². The summed E-state index contributed by atoms with van der Waals surface area (Å²) in [5.74, 6) is -2.87. The van der Waals surface area contributed by atoms with Crippen molar-refractivity contribution in [3.8, 4) is 0 Å². The molecule has 3 amide bonds. The third-order valence-corrected chi connectivity index (χ3v) is 6.50. The molecule has 1 fully saturated rings. The molecule has 3 rings (SSSR count). The van der Waals surface area contributed by atoms with Crippen molar-refractivity contribution in [3.63, 3.8) is 0 Å². The van der Waals surface area contributed by atoms with Gasteiger partial charge in [0.25, 0.3) is 5.91 Å². The molecule has 1 saturated heterocycles. The number of likely N-dealkylation sites (tertiary alicyclic amines) is 1. The minimum absolute atomic E-state index is 0.0509. The molecule has 1 aromatic heterocycles. The zero-order chi connectivity index (χ0) is 27.7. The average Bonchev–Trinajstić information content (AvgIpc) is 3.41. The van der Waals surface area contributed by atoms with Crippen molar-refractivity contribution in [2.24, 2.45) is 5.92 Å². The lowest BCUT2D eigenvalue weighted by Crippen LogP contribution is -2.58. The normalized spacial score (nSPS) is 17.2. The second-order valence-electron chi connectivity index (χ2n) is 9.13. The molecule has 0 bridgehead atoms. The molecule has 2 aromatic rings. The predicted octanol–water partition coefficient (Wildman–Crippen LogP) is -0.148. The highest BCUT2D eigenvalue weighted by atomic mass is 16.6. The zero-order valence-corrected chi connectivity index (χ0v) is 21.3. The molecule has 0 unspecified atom stereocenters. The van der Waals surface area contributed by atoms with Gasteiger partial charge in [-0.3, -0.25) is 24.2 Å². The van der Waals surface area contributed by atoms with Crippen LogP contribution in [0.1, 0.15) is 49.2 Å². The quantitative estimate of drug-likeness (QED) is 0.291. The van der Waals surface area contributed by atoms with Gasteiger partial charge in [0.15, 0.2) is 0 Å². The Balaban J connectivity index is 1.83. The molecule has 0 saturated carbocycles. The van der Waals surface area contributed by atoms with Crippen LogP contribution < -0.4 is 10.6 Å². The second-order valence-corrected chi connectivity index (χ2v) is 9.13. The number of aromatic nitrogens is 2. The predicted molar refractivity (Wildman–Crippen MR) is 136 cm³/mol. The maximum absolute atomic E-state index is 13.7. The van der Waals surface area contributed by atoms with E-state index < -0.39 is 49.1 Å². The van der Waals surface area contributed by atoms with Crippen molar-refractivity contribution in [2.75, 3.05) is 6.54 Å². The molecule has 38 heavy (non-hydrogen) atoms. The van der Waals surface area contributed by atoms with Crippen molar-refractivity contribution in [1.82, 2.24) is 25.5 Å². The Kier molecular flexibility index (Phi) is 10.3. The topological polar surface area (TPSA) is 171 Å². The van der Waals surface area contributed by atoms with Crippen LogP contribution in [0.3, 0.4) is 0 Å². The van der Waals surface area contributed by atoms with Crippen molar-refractivity contribution >= 4 is 31.0 Å². The highest BCUT2D eigenvalue weighted by molar-refractivity contribution is 6.36. The molecular weight excluding hydrogens is 493 g/mol. The minimum Gasteiger partial charge on any atom is -0.484 e. The van der Waals surface area contributed by atoms with Gasteiger partial charge in [-0.15, -0.1) is 0 Å². The number of rotatable bonds is 11. The van der Waals surface area contributed by atoms with E-state index in [9.17, 15) is 19.2 Å². The standard InChI is InChI=1S/C25H32BN5O7/c1-3-16(2)21(30-22(32)19-15-27-11-12-28-19)23(33)29-18(14-17-8-5-4-6-9-17)24(34)31-13-7-10-20(31)25(35)38-26(36)37/h4-6,8-9,11-12,15-16,18,20-21,36-37H,3,7,10,13-14H2,1-2H3,(H,29,33)(H,30,32)/t16-,18-,20-,21-/m0/s1. The van der Waals surface area contributed by atoms with Crippen LogP contribution in [-0.4, -0.2) is 80.6 Å². The smallest absolute Gasteiger partial charge is 0.484 e. The van der Waals surface area contributed by atoms with Gasteiger partial charge in [-0.2, -0.15) is 0 Å². The van der Waals surface area contributed by atoms with Crippen molar-refractivity contribution in [3.05, 3.63) is 60.2 Å². The van der Waals surface area contributed by atoms with Gasteiger partial charge in [0, 0.05) is 25.4 Å². The Morgan fingerprint density at radius 2 is 1.89 bits per heavy atom. The van der Waals surface area contributed by atoms with Gasteiger partial charge in [0.1, 0.15) is 23.8 Å². The number of carbonyl (C=O) groups is 4. The lowest BCUT2D eigenvalue weighted by atomic mass is 9.97. The van der Waals surface area contributed by atoms with Gasteiger partial charge in [0.2, 0.25) is 11.8 Å². The Morgan fingerprint density at radius 3 is 2.53 bits per heavy atom. The number of hydrogen-bond acceptors (Lipinski definition) is 9. The maximum atomic E-state index is 13.7. The fraction of sp³-hybridized carbons (Fsp3) is 0.440. The van der Waals surface area contributed by atoms with Gasteiger partial charge in [-0.25, -0.2) is 4.98 Å². The summed E-state index contributed by atoms with van der Waals surface area (Å²) in [5, 5.41) is 23.5. The summed E-state index contributed by atoms with van der Waals surface area (Å²) in [5.41, 5.74) is 0.828. The summed E-state index contributed by atoms with van der Waals surface area (Å²) < 4.78 is 4.50. The molecular formula is C25H32BN5O7. The first-order chi connectivity index (χ1) is 18.2. The van der Waals surface area contributed by atoms with Crippen LogP contribution in [0.5, 0.6) is 0 Å². The Labute approximate surface area is 221 Å². The van der Waals surface area contributed by atoms with E-state index in [4.69, 9.17) is 10.0 Å². The Bertz CT molecular complexity index is 1110. The number of benzene rings is 1. The first kappa shape index (κ1) is 28.7. The molecule has 1 aromatic carbocycles. The van der Waals surface area contributed by atoms with Crippen LogP contribution in [-0.2, 0) is 25.5 Å². The largest absolute Gasteiger partial charge is 0.709 e. The van der Waals surface area contributed by atoms with Crippen molar-refractivity contribution in [1.29, 1.82) is 0 Å². The van der Waals surface area contributed by atoms with Crippen LogP contribution in [0.25, 0.3) is 0 Å². The van der Waals surface area contributed by atoms with E-state index in [1.54, 1.807) is 12.1 Å². The minimum atomic E-state index is -2.30. The summed E-state index contributed by atoms with van der Waals surface area (Å²) in [6.07, 6.45) is 5.58. The molecule has 0 spiro atoms. The zero-order valence-electron chi connectivity index (χ0n) is 21.3. The van der Waals surface area contributed by atoms with Crippen LogP contribution >= 0.6 is 0 Å². The van der Waals surface area contributed by atoms with Gasteiger partial charge >= 0.3 is 13.3 Å². The molecule has 4 atom stereocenters. The summed E-state index contributed by atoms with van der Waals surface area (Å²) in [7, 11) is -2.30. The maximum Gasteiger partial charge on any atom is 0.709 e. The van der Waals surface area contributed by atoms with E-state index in [-0.39, 0.29) is 31.0 Å². The average molecular weight is 525 g/mol. The monoisotopic (exact) mass is 525 g/mol. The van der Waals surface area contributed by atoms with E-state index in [0.29, 0.717) is 12.8 Å². The van der Waals surface area contributed by atoms with Crippen LogP contribution in [0, 0.1) is 5.92 Å².